The lowest BCUT2D eigenvalue weighted by atomic mass is 10.1. The Morgan fingerprint density at radius 3 is 2.39 bits per heavy atom. The third kappa shape index (κ3) is 3.92. The molecule has 31 heavy (non-hydrogen) atoms. The van der Waals surface area contributed by atoms with Crippen LogP contribution in [0.15, 0.2) is 59.1 Å². The Hall–Kier alpha value is -4.67. The number of aryl methyl sites for hydroxylation is 1. The van der Waals surface area contributed by atoms with Crippen LogP contribution in [0.2, 0.25) is 0 Å². The highest BCUT2D eigenvalue weighted by Gasteiger charge is 2.20. The van der Waals surface area contributed by atoms with Gasteiger partial charge in [0.05, 0.1) is 21.5 Å². The first-order valence-electron chi connectivity index (χ1n) is 8.89. The van der Waals surface area contributed by atoms with Crippen LogP contribution in [0.4, 0.5) is 17.1 Å². The van der Waals surface area contributed by atoms with Crippen molar-refractivity contribution in [1.29, 1.82) is 0 Å². The van der Waals surface area contributed by atoms with E-state index < -0.39 is 27.1 Å². The van der Waals surface area contributed by atoms with Crippen LogP contribution in [0.1, 0.15) is 15.9 Å². The molecule has 2 aromatic carbocycles. The summed E-state index contributed by atoms with van der Waals surface area (Å²) in [4.78, 5) is 41.7. The Morgan fingerprint density at radius 2 is 1.74 bits per heavy atom. The number of hydrogen-bond acceptors (Lipinski definition) is 8. The molecule has 0 unspecified atom stereocenters. The number of amides is 1. The Morgan fingerprint density at radius 1 is 1.03 bits per heavy atom. The van der Waals surface area contributed by atoms with E-state index in [9.17, 15) is 25.0 Å². The second-order valence-corrected chi connectivity index (χ2v) is 6.58. The fraction of sp³-hybridized carbons (Fsp3) is 0.0500. The molecule has 0 radical (unpaired) electrons. The van der Waals surface area contributed by atoms with E-state index in [1.807, 2.05) is 0 Å². The zero-order valence-corrected chi connectivity index (χ0v) is 15.9. The van der Waals surface area contributed by atoms with Gasteiger partial charge in [0.25, 0.3) is 17.3 Å². The van der Waals surface area contributed by atoms with Gasteiger partial charge in [0.15, 0.2) is 11.2 Å². The number of nitrogens with zero attached hydrogens (tertiary/aromatic N) is 4. The van der Waals surface area contributed by atoms with Crippen LogP contribution in [-0.4, -0.2) is 25.7 Å². The average Bonchev–Trinajstić information content (AvgIpc) is 3.19. The van der Waals surface area contributed by atoms with Crippen molar-refractivity contribution in [2.45, 2.75) is 6.92 Å². The fourth-order valence-electron chi connectivity index (χ4n) is 2.91. The van der Waals surface area contributed by atoms with Crippen LogP contribution < -0.4 is 5.32 Å². The van der Waals surface area contributed by atoms with Gasteiger partial charge < -0.3 is 9.73 Å². The van der Waals surface area contributed by atoms with Crippen LogP contribution in [-0.2, 0) is 0 Å². The monoisotopic (exact) mass is 419 g/mol. The van der Waals surface area contributed by atoms with Crippen molar-refractivity contribution in [3.05, 3.63) is 86.1 Å². The maximum atomic E-state index is 12.7. The zero-order valence-electron chi connectivity index (χ0n) is 15.9. The first kappa shape index (κ1) is 19.6. The minimum Gasteiger partial charge on any atom is -0.434 e. The van der Waals surface area contributed by atoms with Gasteiger partial charge in [-0.15, -0.1) is 0 Å². The normalized spacial score (nSPS) is 10.7. The number of non-ortho nitro benzene ring substituents is 2. The van der Waals surface area contributed by atoms with Crippen molar-refractivity contribution in [1.82, 2.24) is 9.97 Å². The molecule has 0 bridgehead atoms. The van der Waals surface area contributed by atoms with Crippen molar-refractivity contribution in [3.63, 3.8) is 0 Å². The average molecular weight is 419 g/mol. The first-order valence-corrected chi connectivity index (χ1v) is 8.89. The number of nitro groups is 2. The molecule has 0 atom stereocenters. The number of oxazole rings is 1. The van der Waals surface area contributed by atoms with E-state index in [0.29, 0.717) is 33.9 Å². The van der Waals surface area contributed by atoms with Crippen molar-refractivity contribution in [3.8, 4) is 11.5 Å². The Kier molecular flexibility index (Phi) is 4.83. The molecular formula is C20H13N5O6. The van der Waals surface area contributed by atoms with E-state index >= 15 is 0 Å². The highest BCUT2D eigenvalue weighted by atomic mass is 16.6. The van der Waals surface area contributed by atoms with Gasteiger partial charge in [0.2, 0.25) is 5.89 Å². The first-order chi connectivity index (χ1) is 14.8. The molecule has 0 saturated carbocycles. The third-order valence-electron chi connectivity index (χ3n) is 4.48. The number of fused-ring (bicyclic) bond motifs is 1. The number of nitro benzene ring substituents is 2. The molecule has 1 amide bonds. The smallest absolute Gasteiger partial charge is 0.277 e. The van der Waals surface area contributed by atoms with Gasteiger partial charge in [-0.1, -0.05) is 6.07 Å². The predicted molar refractivity (Wildman–Crippen MR) is 110 cm³/mol. The minimum absolute atomic E-state index is 0.211. The van der Waals surface area contributed by atoms with Crippen molar-refractivity contribution >= 4 is 34.2 Å². The van der Waals surface area contributed by atoms with Crippen molar-refractivity contribution in [2.75, 3.05) is 5.32 Å². The Bertz CT molecular complexity index is 1300. The standard InChI is InChI=1S/C20H13N5O6/c1-11-4-5-12(20-23-18-17(31-20)3-2-6-21-18)9-16(11)22-19(26)13-7-14(24(27)28)10-15(8-13)25(29)30/h2-10H,1H3,(H,22,26). The number of carbonyl (C=O) groups is 1. The summed E-state index contributed by atoms with van der Waals surface area (Å²) in [5.41, 5.74) is 1.30. The number of aromatic nitrogens is 2. The molecule has 4 aromatic rings. The summed E-state index contributed by atoms with van der Waals surface area (Å²) in [6, 6.07) is 11.3. The number of benzene rings is 2. The van der Waals surface area contributed by atoms with E-state index in [1.165, 1.54) is 0 Å². The van der Waals surface area contributed by atoms with E-state index in [1.54, 1.807) is 43.5 Å². The fourth-order valence-corrected chi connectivity index (χ4v) is 2.91. The largest absolute Gasteiger partial charge is 0.434 e. The SMILES string of the molecule is Cc1ccc(-c2nc3ncccc3o2)cc1NC(=O)c1cc([N+](=O)[O-])cc([N+](=O)[O-])c1. The molecule has 0 fully saturated rings. The zero-order chi connectivity index (χ0) is 22.1. The van der Waals surface area contributed by atoms with Gasteiger partial charge in [-0.2, -0.15) is 4.98 Å². The molecular weight excluding hydrogens is 406 g/mol. The number of rotatable bonds is 5. The molecule has 2 aromatic heterocycles. The lowest BCUT2D eigenvalue weighted by Gasteiger charge is -2.10. The summed E-state index contributed by atoms with van der Waals surface area (Å²) in [5.74, 6) is -0.429. The van der Waals surface area contributed by atoms with Crippen molar-refractivity contribution in [2.24, 2.45) is 0 Å². The summed E-state index contributed by atoms with van der Waals surface area (Å²) in [5, 5.41) is 24.8. The van der Waals surface area contributed by atoms with Gasteiger partial charge in [-0.25, -0.2) is 4.98 Å². The van der Waals surface area contributed by atoms with Gasteiger partial charge in [-0.05, 0) is 36.8 Å². The molecule has 0 spiro atoms. The highest BCUT2D eigenvalue weighted by molar-refractivity contribution is 6.05. The van der Waals surface area contributed by atoms with Crippen molar-refractivity contribution < 1.29 is 19.1 Å². The molecule has 0 aliphatic rings. The molecule has 2 heterocycles. The molecule has 0 aliphatic heterocycles. The molecule has 4 rings (SSSR count). The maximum Gasteiger partial charge on any atom is 0.277 e. The van der Waals surface area contributed by atoms with Gasteiger partial charge >= 0.3 is 0 Å². The van der Waals surface area contributed by atoms with E-state index in [4.69, 9.17) is 4.42 Å². The molecule has 11 heteroatoms. The maximum absolute atomic E-state index is 12.7. The van der Waals surface area contributed by atoms with Gasteiger partial charge in [0, 0.05) is 29.6 Å². The van der Waals surface area contributed by atoms with Crippen LogP contribution in [0.3, 0.4) is 0 Å². The van der Waals surface area contributed by atoms with E-state index in [-0.39, 0.29) is 5.56 Å². The predicted octanol–water partition coefficient (Wildman–Crippen LogP) is 4.27. The summed E-state index contributed by atoms with van der Waals surface area (Å²) in [6.07, 6.45) is 1.59. The lowest BCUT2D eigenvalue weighted by Crippen LogP contribution is -2.13. The number of nitrogens with one attached hydrogen (secondary N) is 1. The Balaban J connectivity index is 1.68. The van der Waals surface area contributed by atoms with Gasteiger partial charge in [-0.3, -0.25) is 25.0 Å². The molecule has 154 valence electrons. The summed E-state index contributed by atoms with van der Waals surface area (Å²) in [6.45, 7) is 1.75. The van der Waals surface area contributed by atoms with E-state index in [0.717, 1.165) is 18.2 Å². The van der Waals surface area contributed by atoms with Crippen LogP contribution in [0.25, 0.3) is 22.7 Å². The highest BCUT2D eigenvalue weighted by Crippen LogP contribution is 2.28. The minimum atomic E-state index is -0.795. The third-order valence-corrected chi connectivity index (χ3v) is 4.48. The van der Waals surface area contributed by atoms with Gasteiger partial charge in [0.1, 0.15) is 0 Å². The number of hydrogen-bond donors (Lipinski definition) is 1. The number of pyridine rings is 1. The molecule has 11 nitrogen and oxygen atoms in total. The number of anilines is 1. The summed E-state index contributed by atoms with van der Waals surface area (Å²) < 4.78 is 5.69. The Labute approximate surface area is 173 Å². The second kappa shape index (κ2) is 7.63. The van der Waals surface area contributed by atoms with E-state index in [2.05, 4.69) is 15.3 Å². The van der Waals surface area contributed by atoms with Crippen LogP contribution in [0, 0.1) is 27.2 Å². The van der Waals surface area contributed by atoms with Crippen LogP contribution >= 0.6 is 0 Å². The lowest BCUT2D eigenvalue weighted by molar-refractivity contribution is -0.394. The molecule has 1 N–H and O–H groups in total. The summed E-state index contributed by atoms with van der Waals surface area (Å²) in [7, 11) is 0. The van der Waals surface area contributed by atoms with Crippen LogP contribution in [0.5, 0.6) is 0 Å². The second-order valence-electron chi connectivity index (χ2n) is 6.58. The quantitative estimate of drug-likeness (QED) is 0.371. The summed E-state index contributed by atoms with van der Waals surface area (Å²) >= 11 is 0. The number of carbonyl (C=O) groups excluding carboxylic acids is 1. The topological polar surface area (TPSA) is 154 Å². The molecule has 0 aliphatic carbocycles. The molecule has 0 saturated heterocycles.